The summed E-state index contributed by atoms with van der Waals surface area (Å²) in [5.74, 6) is 1.92. The van der Waals surface area contributed by atoms with Gasteiger partial charge in [-0.15, -0.1) is 0 Å². The topological polar surface area (TPSA) is 21.3 Å². The molecule has 1 N–H and O–H groups in total. The standard InChI is InChI=1S/C12H23NO/c1-9-3-4-10(5-9)8-13-11-6-12(7-11)14-2/h9-13H,3-8H2,1-2H3. The van der Waals surface area contributed by atoms with E-state index < -0.39 is 0 Å². The lowest BCUT2D eigenvalue weighted by molar-refractivity contribution is 0.0165. The number of ether oxygens (including phenoxy) is 1. The van der Waals surface area contributed by atoms with E-state index in [9.17, 15) is 0 Å². The molecule has 2 heteroatoms. The minimum absolute atomic E-state index is 0.537. The zero-order valence-electron chi connectivity index (χ0n) is 9.46. The molecule has 0 amide bonds. The maximum Gasteiger partial charge on any atom is 0.0601 e. The predicted molar refractivity (Wildman–Crippen MR) is 58.3 cm³/mol. The van der Waals surface area contributed by atoms with Crippen molar-refractivity contribution < 1.29 is 4.74 Å². The van der Waals surface area contributed by atoms with E-state index in [1.807, 2.05) is 7.11 Å². The molecule has 0 radical (unpaired) electrons. The largest absolute Gasteiger partial charge is 0.381 e. The van der Waals surface area contributed by atoms with E-state index in [1.165, 1.54) is 38.6 Å². The summed E-state index contributed by atoms with van der Waals surface area (Å²) in [5, 5.41) is 3.67. The number of nitrogens with one attached hydrogen (secondary N) is 1. The Morgan fingerprint density at radius 1 is 1.21 bits per heavy atom. The van der Waals surface area contributed by atoms with Gasteiger partial charge in [0.25, 0.3) is 0 Å². The number of hydrogen-bond donors (Lipinski definition) is 1. The fourth-order valence-corrected chi connectivity index (χ4v) is 2.77. The SMILES string of the molecule is COC1CC(NCC2CCC(C)C2)C1. The molecule has 2 fully saturated rings. The van der Waals surface area contributed by atoms with Gasteiger partial charge in [-0.05, 0) is 44.1 Å². The average molecular weight is 197 g/mol. The fourth-order valence-electron chi connectivity index (χ4n) is 2.77. The molecule has 2 atom stereocenters. The first-order valence-electron chi connectivity index (χ1n) is 6.04. The van der Waals surface area contributed by atoms with E-state index in [0.29, 0.717) is 6.10 Å². The number of hydrogen-bond acceptors (Lipinski definition) is 2. The molecular weight excluding hydrogens is 174 g/mol. The molecule has 0 aromatic heterocycles. The van der Waals surface area contributed by atoms with Gasteiger partial charge < -0.3 is 10.1 Å². The molecule has 0 spiro atoms. The van der Waals surface area contributed by atoms with E-state index >= 15 is 0 Å². The molecule has 0 bridgehead atoms. The molecule has 2 unspecified atom stereocenters. The Hall–Kier alpha value is -0.0800. The van der Waals surface area contributed by atoms with Gasteiger partial charge in [0, 0.05) is 13.2 Å². The summed E-state index contributed by atoms with van der Waals surface area (Å²) >= 11 is 0. The fraction of sp³-hybridized carbons (Fsp3) is 1.00. The van der Waals surface area contributed by atoms with Crippen molar-refractivity contribution in [3.63, 3.8) is 0 Å². The summed E-state index contributed by atoms with van der Waals surface area (Å²) in [6.07, 6.45) is 7.30. The first-order valence-corrected chi connectivity index (χ1v) is 6.04. The first kappa shape index (κ1) is 10.4. The van der Waals surface area contributed by atoms with Crippen molar-refractivity contribution in [2.24, 2.45) is 11.8 Å². The Balaban J connectivity index is 1.56. The molecule has 82 valence electrons. The molecule has 0 aliphatic heterocycles. The van der Waals surface area contributed by atoms with Crippen LogP contribution in [-0.4, -0.2) is 25.8 Å². The van der Waals surface area contributed by atoms with Crippen LogP contribution in [0.5, 0.6) is 0 Å². The van der Waals surface area contributed by atoms with Gasteiger partial charge in [0.1, 0.15) is 0 Å². The molecule has 2 aliphatic rings. The molecule has 14 heavy (non-hydrogen) atoms. The van der Waals surface area contributed by atoms with Crippen molar-refractivity contribution in [2.75, 3.05) is 13.7 Å². The second-order valence-electron chi connectivity index (χ2n) is 5.22. The third-order valence-electron chi connectivity index (χ3n) is 3.93. The molecule has 2 saturated carbocycles. The van der Waals surface area contributed by atoms with Gasteiger partial charge in [0.2, 0.25) is 0 Å². The van der Waals surface area contributed by atoms with Crippen molar-refractivity contribution in [1.82, 2.24) is 5.32 Å². The van der Waals surface area contributed by atoms with E-state index in [-0.39, 0.29) is 0 Å². The van der Waals surface area contributed by atoms with Crippen LogP contribution in [0.15, 0.2) is 0 Å². The highest BCUT2D eigenvalue weighted by molar-refractivity contribution is 4.87. The van der Waals surface area contributed by atoms with E-state index in [0.717, 1.165) is 17.9 Å². The highest BCUT2D eigenvalue weighted by Gasteiger charge is 2.29. The first-order chi connectivity index (χ1) is 6.78. The summed E-state index contributed by atoms with van der Waals surface area (Å²) in [6, 6.07) is 0.746. The van der Waals surface area contributed by atoms with Crippen LogP contribution in [0.3, 0.4) is 0 Å². The van der Waals surface area contributed by atoms with Crippen molar-refractivity contribution in [2.45, 2.75) is 51.2 Å². The van der Waals surface area contributed by atoms with Crippen molar-refractivity contribution in [3.8, 4) is 0 Å². The summed E-state index contributed by atoms with van der Waals surface area (Å²) in [5.41, 5.74) is 0. The Kier molecular flexibility index (Phi) is 3.45. The molecule has 0 aromatic rings. The lowest BCUT2D eigenvalue weighted by Crippen LogP contribution is -2.46. The highest BCUT2D eigenvalue weighted by Crippen LogP contribution is 2.30. The Labute approximate surface area is 87.4 Å². The Bertz CT molecular complexity index is 177. The van der Waals surface area contributed by atoms with Gasteiger partial charge in [0.15, 0.2) is 0 Å². The number of methoxy groups -OCH3 is 1. The lowest BCUT2D eigenvalue weighted by atomic mass is 9.89. The summed E-state index contributed by atoms with van der Waals surface area (Å²) in [6.45, 7) is 3.62. The predicted octanol–water partition coefficient (Wildman–Crippen LogP) is 2.19. The second-order valence-corrected chi connectivity index (χ2v) is 5.22. The minimum Gasteiger partial charge on any atom is -0.381 e. The van der Waals surface area contributed by atoms with Crippen LogP contribution in [0.25, 0.3) is 0 Å². The van der Waals surface area contributed by atoms with Crippen molar-refractivity contribution in [3.05, 3.63) is 0 Å². The second kappa shape index (κ2) is 4.63. The van der Waals surface area contributed by atoms with E-state index in [4.69, 9.17) is 4.74 Å². The van der Waals surface area contributed by atoms with Crippen LogP contribution < -0.4 is 5.32 Å². The van der Waals surface area contributed by atoms with Gasteiger partial charge in [-0.1, -0.05) is 13.3 Å². The third-order valence-corrected chi connectivity index (χ3v) is 3.93. The van der Waals surface area contributed by atoms with Crippen molar-refractivity contribution in [1.29, 1.82) is 0 Å². The van der Waals surface area contributed by atoms with Crippen LogP contribution in [-0.2, 0) is 4.74 Å². The highest BCUT2D eigenvalue weighted by atomic mass is 16.5. The summed E-state index contributed by atoms with van der Waals surface area (Å²) < 4.78 is 5.27. The number of rotatable bonds is 4. The molecule has 0 aromatic carbocycles. The van der Waals surface area contributed by atoms with Crippen LogP contribution in [0, 0.1) is 11.8 Å². The van der Waals surface area contributed by atoms with Crippen LogP contribution in [0.2, 0.25) is 0 Å². The molecule has 2 aliphatic carbocycles. The monoisotopic (exact) mass is 197 g/mol. The molecule has 0 saturated heterocycles. The molecule has 2 rings (SSSR count). The maximum atomic E-state index is 5.27. The lowest BCUT2D eigenvalue weighted by Gasteiger charge is -2.35. The van der Waals surface area contributed by atoms with Crippen LogP contribution in [0.1, 0.15) is 39.0 Å². The van der Waals surface area contributed by atoms with E-state index in [1.54, 1.807) is 0 Å². The third kappa shape index (κ3) is 2.48. The molecule has 0 heterocycles. The van der Waals surface area contributed by atoms with Gasteiger partial charge in [-0.25, -0.2) is 0 Å². The zero-order chi connectivity index (χ0) is 9.97. The van der Waals surface area contributed by atoms with Crippen molar-refractivity contribution >= 4 is 0 Å². The van der Waals surface area contributed by atoms with Gasteiger partial charge in [-0.2, -0.15) is 0 Å². The zero-order valence-corrected chi connectivity index (χ0v) is 9.46. The normalized spacial score (nSPS) is 42.4. The Morgan fingerprint density at radius 2 is 2.00 bits per heavy atom. The average Bonchev–Trinajstić information content (AvgIpc) is 2.49. The Morgan fingerprint density at radius 3 is 2.57 bits per heavy atom. The molecule has 2 nitrogen and oxygen atoms in total. The van der Waals surface area contributed by atoms with Crippen LogP contribution in [0.4, 0.5) is 0 Å². The maximum absolute atomic E-state index is 5.27. The van der Waals surface area contributed by atoms with Crippen LogP contribution >= 0.6 is 0 Å². The van der Waals surface area contributed by atoms with E-state index in [2.05, 4.69) is 12.2 Å². The van der Waals surface area contributed by atoms with Gasteiger partial charge in [0.05, 0.1) is 6.10 Å². The van der Waals surface area contributed by atoms with Gasteiger partial charge >= 0.3 is 0 Å². The smallest absolute Gasteiger partial charge is 0.0601 e. The minimum atomic E-state index is 0.537. The molecular formula is C12H23NO. The van der Waals surface area contributed by atoms with Gasteiger partial charge in [-0.3, -0.25) is 0 Å². The summed E-state index contributed by atoms with van der Waals surface area (Å²) in [4.78, 5) is 0. The summed E-state index contributed by atoms with van der Waals surface area (Å²) in [7, 11) is 1.82. The quantitative estimate of drug-likeness (QED) is 0.746.